The summed E-state index contributed by atoms with van der Waals surface area (Å²) in [6.45, 7) is 2.47. The second kappa shape index (κ2) is 6.40. The number of amides is 1. The van der Waals surface area contributed by atoms with Crippen molar-refractivity contribution in [2.75, 3.05) is 18.4 Å². The van der Waals surface area contributed by atoms with Gasteiger partial charge in [0.15, 0.2) is 0 Å². The van der Waals surface area contributed by atoms with Crippen molar-refractivity contribution in [3.8, 4) is 0 Å². The molecule has 0 spiro atoms. The molecular weight excluding hydrogens is 300 g/mol. The molecule has 2 aliphatic rings. The van der Waals surface area contributed by atoms with Gasteiger partial charge in [0.1, 0.15) is 0 Å². The largest absolute Gasteiger partial charge is 0.315 e. The van der Waals surface area contributed by atoms with Gasteiger partial charge in [-0.05, 0) is 30.9 Å². The molecule has 2 N–H and O–H groups in total. The normalized spacial score (nSPS) is 26.1. The molecule has 0 bridgehead atoms. The first-order valence-corrected chi connectivity index (χ1v) is 8.85. The van der Waals surface area contributed by atoms with Crippen LogP contribution in [0.2, 0.25) is 0 Å². The maximum atomic E-state index is 13.1. The van der Waals surface area contributed by atoms with E-state index in [1.807, 2.05) is 29.0 Å². The summed E-state index contributed by atoms with van der Waals surface area (Å²) in [4.78, 5) is 17.4. The van der Waals surface area contributed by atoms with Crippen LogP contribution in [0.3, 0.4) is 0 Å². The van der Waals surface area contributed by atoms with Crippen LogP contribution < -0.4 is 10.6 Å². The van der Waals surface area contributed by atoms with Crippen LogP contribution >= 0.6 is 0 Å². The lowest BCUT2D eigenvalue weighted by Gasteiger charge is -2.36. The number of hydrogen-bond donors (Lipinski definition) is 2. The molecule has 1 aromatic carbocycles. The molecule has 1 aliphatic carbocycles. The number of nitrogens with zero attached hydrogens (tertiary/aromatic N) is 2. The van der Waals surface area contributed by atoms with Gasteiger partial charge in [0, 0.05) is 18.9 Å². The van der Waals surface area contributed by atoms with Crippen LogP contribution in [-0.4, -0.2) is 28.5 Å². The van der Waals surface area contributed by atoms with E-state index in [9.17, 15) is 4.79 Å². The summed E-state index contributed by atoms with van der Waals surface area (Å²) >= 11 is 0. The summed E-state index contributed by atoms with van der Waals surface area (Å²) in [7, 11) is 0. The zero-order valence-corrected chi connectivity index (χ0v) is 13.9. The maximum absolute atomic E-state index is 13.1. The average molecular weight is 324 g/mol. The number of carbonyl (C=O) groups is 1. The molecule has 1 saturated heterocycles. The summed E-state index contributed by atoms with van der Waals surface area (Å²) in [6.07, 6.45) is 8.19. The molecule has 126 valence electrons. The Labute approximate surface area is 142 Å². The molecule has 4 rings (SSSR count). The van der Waals surface area contributed by atoms with Gasteiger partial charge < -0.3 is 9.88 Å². The third-order valence-corrected chi connectivity index (χ3v) is 5.63. The molecule has 1 amide bonds. The Hall–Kier alpha value is -2.14. The van der Waals surface area contributed by atoms with Gasteiger partial charge >= 0.3 is 0 Å². The lowest BCUT2D eigenvalue weighted by molar-refractivity contribution is -0.128. The highest BCUT2D eigenvalue weighted by atomic mass is 16.2. The average Bonchev–Trinajstić information content (AvgIpc) is 3.23. The van der Waals surface area contributed by atoms with Crippen molar-refractivity contribution in [2.45, 2.75) is 32.2 Å². The zero-order valence-electron chi connectivity index (χ0n) is 13.9. The van der Waals surface area contributed by atoms with E-state index in [1.165, 1.54) is 12.0 Å². The summed E-state index contributed by atoms with van der Waals surface area (Å²) in [5, 5.41) is 6.55. The van der Waals surface area contributed by atoms with E-state index >= 15 is 0 Å². The van der Waals surface area contributed by atoms with E-state index in [2.05, 4.69) is 27.8 Å². The highest BCUT2D eigenvalue weighted by Gasteiger charge is 2.50. The van der Waals surface area contributed by atoms with Gasteiger partial charge in [-0.25, -0.2) is 4.98 Å². The lowest BCUT2D eigenvalue weighted by atomic mass is 9.67. The number of imidazole rings is 1. The molecule has 2 fully saturated rings. The monoisotopic (exact) mass is 324 g/mol. The fourth-order valence-corrected chi connectivity index (χ4v) is 4.26. The minimum Gasteiger partial charge on any atom is -0.315 e. The predicted molar refractivity (Wildman–Crippen MR) is 93.7 cm³/mol. The summed E-state index contributed by atoms with van der Waals surface area (Å²) < 4.78 is 2.00. The van der Waals surface area contributed by atoms with Gasteiger partial charge in [-0.2, -0.15) is 0 Å². The van der Waals surface area contributed by atoms with E-state index in [-0.39, 0.29) is 11.3 Å². The van der Waals surface area contributed by atoms with E-state index in [0.29, 0.717) is 18.4 Å². The van der Waals surface area contributed by atoms with Gasteiger partial charge in [0.25, 0.3) is 0 Å². The summed E-state index contributed by atoms with van der Waals surface area (Å²) in [5.74, 6) is 1.25. The minimum absolute atomic E-state index is 0.137. The highest BCUT2D eigenvalue weighted by molar-refractivity contribution is 5.95. The van der Waals surface area contributed by atoms with Gasteiger partial charge in [-0.1, -0.05) is 43.2 Å². The predicted octanol–water partition coefficient (Wildman–Crippen LogP) is 2.65. The van der Waals surface area contributed by atoms with Crippen LogP contribution in [0.5, 0.6) is 0 Å². The van der Waals surface area contributed by atoms with Crippen molar-refractivity contribution in [1.29, 1.82) is 0 Å². The van der Waals surface area contributed by atoms with Crippen LogP contribution in [0.25, 0.3) is 0 Å². The minimum atomic E-state index is -0.248. The quantitative estimate of drug-likeness (QED) is 0.909. The molecule has 24 heavy (non-hydrogen) atoms. The second-order valence-corrected chi connectivity index (χ2v) is 7.05. The maximum Gasteiger partial charge on any atom is 0.234 e. The van der Waals surface area contributed by atoms with Crippen molar-refractivity contribution >= 4 is 11.9 Å². The Morgan fingerprint density at radius 2 is 2.21 bits per heavy atom. The number of anilines is 1. The third-order valence-electron chi connectivity index (χ3n) is 5.63. The first-order chi connectivity index (χ1) is 11.8. The summed E-state index contributed by atoms with van der Waals surface area (Å²) in [6, 6.07) is 10.2. The van der Waals surface area contributed by atoms with E-state index in [4.69, 9.17) is 0 Å². The second-order valence-electron chi connectivity index (χ2n) is 7.05. The van der Waals surface area contributed by atoms with Gasteiger partial charge in [0.2, 0.25) is 11.9 Å². The molecule has 1 saturated carbocycles. The molecular formula is C19H24N4O. The number of aromatic nitrogens is 2. The van der Waals surface area contributed by atoms with Crippen molar-refractivity contribution < 1.29 is 4.79 Å². The Balaban J connectivity index is 1.51. The standard InChI is InChI=1S/C19H24N4O/c24-17(19-9-5-4-8-16(19)12-20-14-19)22-18-21-10-11-23(18)13-15-6-2-1-3-7-15/h1-3,6-7,10-11,16,20H,4-5,8-9,12-14H2,(H,21,22,24)/t16-,19+/m0/s1. The molecule has 2 aromatic rings. The molecule has 0 unspecified atom stereocenters. The third kappa shape index (κ3) is 2.73. The molecule has 2 heterocycles. The van der Waals surface area contributed by atoms with Gasteiger partial charge in [-0.15, -0.1) is 0 Å². The van der Waals surface area contributed by atoms with E-state index in [1.54, 1.807) is 6.20 Å². The van der Waals surface area contributed by atoms with Crippen LogP contribution in [0, 0.1) is 11.3 Å². The first kappa shape index (κ1) is 15.4. The van der Waals surface area contributed by atoms with Crippen molar-refractivity contribution in [2.24, 2.45) is 11.3 Å². The van der Waals surface area contributed by atoms with Crippen LogP contribution in [0.1, 0.15) is 31.2 Å². The fourth-order valence-electron chi connectivity index (χ4n) is 4.26. The molecule has 2 atom stereocenters. The molecule has 1 aromatic heterocycles. The molecule has 1 aliphatic heterocycles. The van der Waals surface area contributed by atoms with Crippen molar-refractivity contribution in [1.82, 2.24) is 14.9 Å². The fraction of sp³-hybridized carbons (Fsp3) is 0.474. The zero-order chi connectivity index (χ0) is 16.4. The SMILES string of the molecule is O=C(Nc1nccn1Cc1ccccc1)[C@@]12CCCC[C@H]1CNC2. The first-order valence-electron chi connectivity index (χ1n) is 8.85. The van der Waals surface area contributed by atoms with Gasteiger partial charge in [0.05, 0.1) is 12.0 Å². The highest BCUT2D eigenvalue weighted by Crippen LogP contribution is 2.44. The number of benzene rings is 1. The van der Waals surface area contributed by atoms with Crippen LogP contribution in [-0.2, 0) is 11.3 Å². The Morgan fingerprint density at radius 3 is 3.08 bits per heavy atom. The molecule has 5 nitrogen and oxygen atoms in total. The summed E-state index contributed by atoms with van der Waals surface area (Å²) in [5.41, 5.74) is 0.948. The Bertz CT molecular complexity index is 711. The lowest BCUT2D eigenvalue weighted by Crippen LogP contribution is -2.44. The van der Waals surface area contributed by atoms with Crippen molar-refractivity contribution in [3.63, 3.8) is 0 Å². The Kier molecular flexibility index (Phi) is 4.10. The number of hydrogen-bond acceptors (Lipinski definition) is 3. The van der Waals surface area contributed by atoms with E-state index < -0.39 is 0 Å². The topological polar surface area (TPSA) is 59.0 Å². The van der Waals surface area contributed by atoms with E-state index in [0.717, 1.165) is 32.4 Å². The van der Waals surface area contributed by atoms with Crippen molar-refractivity contribution in [3.05, 3.63) is 48.3 Å². The smallest absolute Gasteiger partial charge is 0.234 e. The number of fused-ring (bicyclic) bond motifs is 1. The van der Waals surface area contributed by atoms with Gasteiger partial charge in [-0.3, -0.25) is 10.1 Å². The number of carbonyl (C=O) groups excluding carboxylic acids is 1. The Morgan fingerprint density at radius 1 is 1.33 bits per heavy atom. The number of nitrogens with one attached hydrogen (secondary N) is 2. The van der Waals surface area contributed by atoms with Crippen LogP contribution in [0.4, 0.5) is 5.95 Å². The molecule has 0 radical (unpaired) electrons. The van der Waals surface area contributed by atoms with Crippen LogP contribution in [0.15, 0.2) is 42.7 Å². The molecule has 5 heteroatoms. The number of rotatable bonds is 4.